The molecular formula is C16H13NO5S. The Morgan fingerprint density at radius 2 is 1.91 bits per heavy atom. The summed E-state index contributed by atoms with van der Waals surface area (Å²) in [6.45, 7) is 0. The summed E-state index contributed by atoms with van der Waals surface area (Å²) in [5.74, 6) is 2.05. The summed E-state index contributed by atoms with van der Waals surface area (Å²) in [6, 6.07) is 8.98. The Kier molecular flexibility index (Phi) is 4.03. The maximum Gasteiger partial charge on any atom is 0.294 e. The minimum absolute atomic E-state index is 0.0351. The van der Waals surface area contributed by atoms with Crippen LogP contribution in [0.25, 0.3) is 17.4 Å². The van der Waals surface area contributed by atoms with Crippen molar-refractivity contribution in [3.05, 3.63) is 41.9 Å². The summed E-state index contributed by atoms with van der Waals surface area (Å²) in [4.78, 5) is 11.6. The SMILES string of the molecule is COc1ccc(-c2ccc(C=C3OC(=S)NC3=O)o2)cc1OC. The molecule has 2 heterocycles. The van der Waals surface area contributed by atoms with Crippen molar-refractivity contribution in [2.45, 2.75) is 0 Å². The van der Waals surface area contributed by atoms with Gasteiger partial charge in [-0.2, -0.15) is 0 Å². The molecule has 1 saturated heterocycles. The molecule has 0 aliphatic carbocycles. The lowest BCUT2D eigenvalue weighted by Gasteiger charge is -2.08. The Balaban J connectivity index is 1.89. The minimum Gasteiger partial charge on any atom is -0.493 e. The van der Waals surface area contributed by atoms with E-state index in [9.17, 15) is 4.79 Å². The summed E-state index contributed by atoms with van der Waals surface area (Å²) >= 11 is 4.77. The van der Waals surface area contributed by atoms with E-state index in [0.29, 0.717) is 23.0 Å². The van der Waals surface area contributed by atoms with Gasteiger partial charge in [-0.05, 0) is 42.5 Å². The van der Waals surface area contributed by atoms with Gasteiger partial charge < -0.3 is 18.6 Å². The van der Waals surface area contributed by atoms with Gasteiger partial charge in [-0.1, -0.05) is 0 Å². The van der Waals surface area contributed by atoms with Gasteiger partial charge in [0, 0.05) is 11.6 Å². The van der Waals surface area contributed by atoms with Crippen LogP contribution < -0.4 is 14.8 Å². The number of furan rings is 1. The van der Waals surface area contributed by atoms with Gasteiger partial charge in [-0.25, -0.2) is 0 Å². The van der Waals surface area contributed by atoms with E-state index in [-0.39, 0.29) is 16.8 Å². The first-order valence-corrected chi connectivity index (χ1v) is 7.08. The molecule has 1 N–H and O–H groups in total. The number of thiocarbonyl (C=S) groups is 1. The third-order valence-electron chi connectivity index (χ3n) is 3.21. The molecule has 0 atom stereocenters. The number of ether oxygens (including phenoxy) is 3. The molecule has 0 spiro atoms. The van der Waals surface area contributed by atoms with Crippen LogP contribution in [-0.2, 0) is 9.53 Å². The Morgan fingerprint density at radius 1 is 1.13 bits per heavy atom. The van der Waals surface area contributed by atoms with Crippen LogP contribution in [0.15, 0.2) is 40.5 Å². The van der Waals surface area contributed by atoms with Gasteiger partial charge >= 0.3 is 0 Å². The largest absolute Gasteiger partial charge is 0.493 e. The van der Waals surface area contributed by atoms with Gasteiger partial charge in [0.1, 0.15) is 11.5 Å². The zero-order valence-electron chi connectivity index (χ0n) is 12.4. The molecule has 1 fully saturated rings. The molecular weight excluding hydrogens is 318 g/mol. The predicted octanol–water partition coefficient (Wildman–Crippen LogP) is 2.74. The first-order chi connectivity index (χ1) is 11.1. The second-order valence-corrected chi connectivity index (χ2v) is 4.99. The van der Waals surface area contributed by atoms with Crippen LogP contribution in [0.3, 0.4) is 0 Å². The highest BCUT2D eigenvalue weighted by Gasteiger charge is 2.23. The summed E-state index contributed by atoms with van der Waals surface area (Å²) in [6.07, 6.45) is 1.49. The first-order valence-electron chi connectivity index (χ1n) is 6.68. The van der Waals surface area contributed by atoms with E-state index in [2.05, 4.69) is 5.32 Å². The fourth-order valence-electron chi connectivity index (χ4n) is 2.13. The van der Waals surface area contributed by atoms with E-state index >= 15 is 0 Å². The monoisotopic (exact) mass is 331 g/mol. The fourth-order valence-corrected chi connectivity index (χ4v) is 2.31. The van der Waals surface area contributed by atoms with Crippen LogP contribution in [0, 0.1) is 0 Å². The number of amides is 1. The molecule has 3 rings (SSSR count). The van der Waals surface area contributed by atoms with Gasteiger partial charge in [-0.15, -0.1) is 0 Å². The van der Waals surface area contributed by atoms with Crippen molar-refractivity contribution in [1.29, 1.82) is 0 Å². The normalized spacial score (nSPS) is 15.5. The van der Waals surface area contributed by atoms with E-state index in [1.165, 1.54) is 6.08 Å². The highest BCUT2D eigenvalue weighted by Crippen LogP contribution is 2.33. The summed E-state index contributed by atoms with van der Waals surface area (Å²) in [5, 5.41) is 2.42. The van der Waals surface area contributed by atoms with Crippen LogP contribution >= 0.6 is 12.2 Å². The van der Waals surface area contributed by atoms with E-state index in [0.717, 1.165) is 5.56 Å². The first kappa shape index (κ1) is 15.1. The Morgan fingerprint density at radius 3 is 2.57 bits per heavy atom. The van der Waals surface area contributed by atoms with E-state index in [1.54, 1.807) is 32.4 Å². The Bertz CT molecular complexity index is 809. The lowest BCUT2D eigenvalue weighted by Crippen LogP contribution is -2.18. The maximum atomic E-state index is 11.6. The average Bonchev–Trinajstić information content (AvgIpc) is 3.13. The number of methoxy groups -OCH3 is 2. The molecule has 0 bridgehead atoms. The van der Waals surface area contributed by atoms with Gasteiger partial charge in [0.05, 0.1) is 14.2 Å². The van der Waals surface area contributed by atoms with Crippen molar-refractivity contribution in [3.63, 3.8) is 0 Å². The highest BCUT2D eigenvalue weighted by molar-refractivity contribution is 7.80. The number of hydrogen-bond acceptors (Lipinski definition) is 6. The van der Waals surface area contributed by atoms with Crippen molar-refractivity contribution in [2.24, 2.45) is 0 Å². The average molecular weight is 331 g/mol. The zero-order valence-corrected chi connectivity index (χ0v) is 13.2. The highest BCUT2D eigenvalue weighted by atomic mass is 32.1. The molecule has 23 heavy (non-hydrogen) atoms. The van der Waals surface area contributed by atoms with E-state index < -0.39 is 0 Å². The second-order valence-electron chi connectivity index (χ2n) is 4.62. The molecule has 7 heteroatoms. The van der Waals surface area contributed by atoms with Crippen molar-refractivity contribution < 1.29 is 23.4 Å². The lowest BCUT2D eigenvalue weighted by atomic mass is 10.1. The summed E-state index contributed by atoms with van der Waals surface area (Å²) < 4.78 is 21.3. The van der Waals surface area contributed by atoms with Crippen LogP contribution in [0.2, 0.25) is 0 Å². The molecule has 1 aliphatic heterocycles. The smallest absolute Gasteiger partial charge is 0.294 e. The third-order valence-corrected chi connectivity index (χ3v) is 3.40. The molecule has 1 aromatic carbocycles. The number of benzene rings is 1. The van der Waals surface area contributed by atoms with Crippen molar-refractivity contribution in [1.82, 2.24) is 5.32 Å². The van der Waals surface area contributed by atoms with E-state index in [4.69, 9.17) is 30.8 Å². The minimum atomic E-state index is -0.390. The summed E-state index contributed by atoms with van der Waals surface area (Å²) in [7, 11) is 3.14. The topological polar surface area (TPSA) is 69.9 Å². The fraction of sp³-hybridized carbons (Fsp3) is 0.125. The van der Waals surface area contributed by atoms with Crippen LogP contribution in [0.5, 0.6) is 11.5 Å². The van der Waals surface area contributed by atoms with Crippen molar-refractivity contribution in [3.8, 4) is 22.8 Å². The molecule has 0 radical (unpaired) electrons. The predicted molar refractivity (Wildman–Crippen MR) is 87.1 cm³/mol. The van der Waals surface area contributed by atoms with Gasteiger partial charge in [0.15, 0.2) is 17.3 Å². The van der Waals surface area contributed by atoms with Gasteiger partial charge in [-0.3, -0.25) is 10.1 Å². The number of hydrogen-bond donors (Lipinski definition) is 1. The number of carbonyl (C=O) groups is 1. The third kappa shape index (κ3) is 3.04. The summed E-state index contributed by atoms with van der Waals surface area (Å²) in [5.41, 5.74) is 0.819. The maximum absolute atomic E-state index is 11.6. The molecule has 1 amide bonds. The Hall–Kier alpha value is -2.80. The number of carbonyl (C=O) groups excluding carboxylic acids is 1. The molecule has 118 valence electrons. The number of nitrogens with one attached hydrogen (secondary N) is 1. The molecule has 0 saturated carbocycles. The molecule has 1 aromatic heterocycles. The van der Waals surface area contributed by atoms with Crippen LogP contribution in [-0.4, -0.2) is 25.3 Å². The van der Waals surface area contributed by atoms with Crippen LogP contribution in [0.1, 0.15) is 5.76 Å². The van der Waals surface area contributed by atoms with E-state index in [1.807, 2.05) is 12.1 Å². The van der Waals surface area contributed by atoms with Crippen molar-refractivity contribution >= 4 is 29.4 Å². The second kappa shape index (κ2) is 6.13. The molecule has 6 nitrogen and oxygen atoms in total. The van der Waals surface area contributed by atoms with Crippen molar-refractivity contribution in [2.75, 3.05) is 14.2 Å². The zero-order chi connectivity index (χ0) is 16.4. The Labute approximate surface area is 137 Å². The van der Waals surface area contributed by atoms with Crippen LogP contribution in [0.4, 0.5) is 0 Å². The standard InChI is InChI=1S/C16H13NO5S/c1-19-12-5-3-9(7-13(12)20-2)11-6-4-10(21-11)8-14-15(18)17-16(23)22-14/h3-8H,1-2H3,(H,17,18,23). The molecule has 1 aliphatic rings. The number of rotatable bonds is 4. The molecule has 0 unspecified atom stereocenters. The van der Waals surface area contributed by atoms with Gasteiger partial charge in [0.2, 0.25) is 0 Å². The lowest BCUT2D eigenvalue weighted by molar-refractivity contribution is -0.116. The quantitative estimate of drug-likeness (QED) is 0.686. The molecule has 2 aromatic rings. The van der Waals surface area contributed by atoms with Gasteiger partial charge in [0.25, 0.3) is 11.1 Å².